The van der Waals surface area contributed by atoms with Crippen molar-refractivity contribution in [1.29, 1.82) is 0 Å². The summed E-state index contributed by atoms with van der Waals surface area (Å²) in [5.41, 5.74) is 0. The standard InChI is InChI=1S/C12H24O2S/c1-2-3-4-5-6-7-8-9-11(10-15)12(13)14/h11,15H,2-10H2,1H3,(H,13,14). The van der Waals surface area contributed by atoms with Gasteiger partial charge < -0.3 is 5.11 Å². The van der Waals surface area contributed by atoms with E-state index in [4.69, 9.17) is 5.11 Å². The molecule has 0 aromatic heterocycles. The molecule has 1 N–H and O–H groups in total. The fourth-order valence-corrected chi connectivity index (χ4v) is 1.98. The van der Waals surface area contributed by atoms with Crippen molar-refractivity contribution in [3.05, 3.63) is 0 Å². The molecule has 3 heteroatoms. The van der Waals surface area contributed by atoms with Gasteiger partial charge in [-0.3, -0.25) is 4.79 Å². The molecule has 0 saturated carbocycles. The van der Waals surface area contributed by atoms with Crippen LogP contribution in [-0.4, -0.2) is 16.8 Å². The van der Waals surface area contributed by atoms with Gasteiger partial charge in [0.25, 0.3) is 0 Å². The molecule has 0 fully saturated rings. The van der Waals surface area contributed by atoms with E-state index >= 15 is 0 Å². The number of unbranched alkanes of at least 4 members (excludes halogenated alkanes) is 6. The summed E-state index contributed by atoms with van der Waals surface area (Å²) in [6, 6.07) is 0. The molecular weight excluding hydrogens is 208 g/mol. The largest absolute Gasteiger partial charge is 0.481 e. The first-order valence-electron chi connectivity index (χ1n) is 6.06. The molecule has 0 aliphatic rings. The molecular formula is C12H24O2S. The van der Waals surface area contributed by atoms with Crippen LogP contribution in [0.3, 0.4) is 0 Å². The molecule has 1 atom stereocenters. The molecule has 0 aliphatic carbocycles. The summed E-state index contributed by atoms with van der Waals surface area (Å²) in [5, 5.41) is 8.80. The van der Waals surface area contributed by atoms with E-state index in [0.29, 0.717) is 5.75 Å². The van der Waals surface area contributed by atoms with E-state index in [1.54, 1.807) is 0 Å². The lowest BCUT2D eigenvalue weighted by atomic mass is 10.0. The second kappa shape index (κ2) is 10.3. The van der Waals surface area contributed by atoms with E-state index in [1.165, 1.54) is 38.5 Å². The van der Waals surface area contributed by atoms with Gasteiger partial charge in [-0.2, -0.15) is 12.6 Å². The second-order valence-electron chi connectivity index (χ2n) is 4.13. The number of aliphatic carboxylic acids is 1. The first kappa shape index (κ1) is 14.8. The summed E-state index contributed by atoms with van der Waals surface area (Å²) >= 11 is 4.05. The van der Waals surface area contributed by atoms with Crippen LogP contribution in [0.25, 0.3) is 0 Å². The Labute approximate surface area is 98.9 Å². The number of rotatable bonds is 10. The van der Waals surface area contributed by atoms with Crippen LogP contribution in [0.1, 0.15) is 58.3 Å². The van der Waals surface area contributed by atoms with Gasteiger partial charge in [-0.1, -0.05) is 51.9 Å². The number of hydrogen-bond acceptors (Lipinski definition) is 2. The van der Waals surface area contributed by atoms with Crippen molar-refractivity contribution in [2.45, 2.75) is 58.3 Å². The smallest absolute Gasteiger partial charge is 0.307 e. The summed E-state index contributed by atoms with van der Waals surface area (Å²) in [7, 11) is 0. The Bertz CT molecular complexity index is 160. The zero-order chi connectivity index (χ0) is 11.5. The maximum absolute atomic E-state index is 10.7. The molecule has 0 rings (SSSR count). The van der Waals surface area contributed by atoms with Gasteiger partial charge in [-0.25, -0.2) is 0 Å². The lowest BCUT2D eigenvalue weighted by Crippen LogP contribution is -2.14. The fraction of sp³-hybridized carbons (Fsp3) is 0.917. The lowest BCUT2D eigenvalue weighted by molar-refractivity contribution is -0.141. The Morgan fingerprint density at radius 1 is 1.13 bits per heavy atom. The van der Waals surface area contributed by atoms with E-state index in [1.807, 2.05) is 0 Å². The molecule has 0 bridgehead atoms. The predicted molar refractivity (Wildman–Crippen MR) is 67.6 cm³/mol. The molecule has 0 heterocycles. The topological polar surface area (TPSA) is 37.3 Å². The molecule has 1 unspecified atom stereocenters. The highest BCUT2D eigenvalue weighted by molar-refractivity contribution is 7.80. The van der Waals surface area contributed by atoms with Crippen LogP contribution in [0, 0.1) is 5.92 Å². The van der Waals surface area contributed by atoms with E-state index in [0.717, 1.165) is 12.8 Å². The van der Waals surface area contributed by atoms with Gasteiger partial charge in [0.1, 0.15) is 0 Å². The summed E-state index contributed by atoms with van der Waals surface area (Å²) < 4.78 is 0. The normalized spacial score (nSPS) is 12.7. The average molecular weight is 232 g/mol. The van der Waals surface area contributed by atoms with Gasteiger partial charge in [0, 0.05) is 5.75 Å². The summed E-state index contributed by atoms with van der Waals surface area (Å²) in [5.74, 6) is -0.481. The first-order valence-corrected chi connectivity index (χ1v) is 6.69. The van der Waals surface area contributed by atoms with Gasteiger partial charge >= 0.3 is 5.97 Å². The highest BCUT2D eigenvalue weighted by Gasteiger charge is 2.14. The molecule has 0 spiro atoms. The number of carbonyl (C=O) groups is 1. The number of carboxylic acids is 1. The van der Waals surface area contributed by atoms with Gasteiger partial charge in [0.05, 0.1) is 5.92 Å². The molecule has 2 nitrogen and oxygen atoms in total. The molecule has 0 aromatic carbocycles. The Kier molecular flexibility index (Phi) is 10.2. The molecule has 0 amide bonds. The number of hydrogen-bond donors (Lipinski definition) is 2. The van der Waals surface area contributed by atoms with Crippen molar-refractivity contribution in [2.24, 2.45) is 5.92 Å². The predicted octanol–water partition coefficient (Wildman–Crippen LogP) is 3.76. The fourth-order valence-electron chi connectivity index (χ4n) is 1.64. The third kappa shape index (κ3) is 8.79. The molecule has 15 heavy (non-hydrogen) atoms. The molecule has 0 aromatic rings. The third-order valence-corrected chi connectivity index (χ3v) is 3.17. The highest BCUT2D eigenvalue weighted by atomic mass is 32.1. The molecule has 0 radical (unpaired) electrons. The van der Waals surface area contributed by atoms with Crippen molar-refractivity contribution >= 4 is 18.6 Å². The Hall–Kier alpha value is -0.180. The lowest BCUT2D eigenvalue weighted by Gasteiger charge is -2.08. The summed E-state index contributed by atoms with van der Waals surface area (Å²) in [6.45, 7) is 2.21. The average Bonchev–Trinajstić information content (AvgIpc) is 2.21. The van der Waals surface area contributed by atoms with Crippen LogP contribution in [0.2, 0.25) is 0 Å². The van der Waals surface area contributed by atoms with E-state index in [9.17, 15) is 4.79 Å². The van der Waals surface area contributed by atoms with Gasteiger partial charge in [0.15, 0.2) is 0 Å². The van der Waals surface area contributed by atoms with E-state index < -0.39 is 5.97 Å². The Morgan fingerprint density at radius 2 is 1.67 bits per heavy atom. The minimum Gasteiger partial charge on any atom is -0.481 e. The van der Waals surface area contributed by atoms with E-state index in [-0.39, 0.29) is 5.92 Å². The van der Waals surface area contributed by atoms with E-state index in [2.05, 4.69) is 19.6 Å². The molecule has 0 saturated heterocycles. The minimum absolute atomic E-state index is 0.246. The van der Waals surface area contributed by atoms with Crippen molar-refractivity contribution in [2.75, 3.05) is 5.75 Å². The zero-order valence-corrected chi connectivity index (χ0v) is 10.6. The molecule has 90 valence electrons. The van der Waals surface area contributed by atoms with Crippen LogP contribution in [0.4, 0.5) is 0 Å². The summed E-state index contributed by atoms with van der Waals surface area (Å²) in [4.78, 5) is 10.7. The van der Waals surface area contributed by atoms with Crippen molar-refractivity contribution in [3.8, 4) is 0 Å². The Balaban J connectivity index is 3.25. The number of thiol groups is 1. The van der Waals surface area contributed by atoms with Crippen molar-refractivity contribution in [3.63, 3.8) is 0 Å². The zero-order valence-electron chi connectivity index (χ0n) is 9.74. The SMILES string of the molecule is CCCCCCCCCC(CS)C(=O)O. The summed E-state index contributed by atoms with van der Waals surface area (Å²) in [6.07, 6.45) is 9.46. The van der Waals surface area contributed by atoms with Crippen LogP contribution < -0.4 is 0 Å². The highest BCUT2D eigenvalue weighted by Crippen LogP contribution is 2.14. The van der Waals surface area contributed by atoms with Gasteiger partial charge in [0.2, 0.25) is 0 Å². The van der Waals surface area contributed by atoms with Gasteiger partial charge in [-0.15, -0.1) is 0 Å². The molecule has 0 aliphatic heterocycles. The van der Waals surface area contributed by atoms with Crippen molar-refractivity contribution in [1.82, 2.24) is 0 Å². The third-order valence-electron chi connectivity index (χ3n) is 2.73. The van der Waals surface area contributed by atoms with Gasteiger partial charge in [-0.05, 0) is 6.42 Å². The Morgan fingerprint density at radius 3 is 2.13 bits per heavy atom. The quantitative estimate of drug-likeness (QED) is 0.444. The van der Waals surface area contributed by atoms with Crippen LogP contribution >= 0.6 is 12.6 Å². The monoisotopic (exact) mass is 232 g/mol. The van der Waals surface area contributed by atoms with Crippen LogP contribution in [-0.2, 0) is 4.79 Å². The minimum atomic E-state index is -0.698. The first-order chi connectivity index (χ1) is 7.22. The number of carboxylic acid groups (broad SMARTS) is 1. The van der Waals surface area contributed by atoms with Crippen LogP contribution in [0.5, 0.6) is 0 Å². The maximum atomic E-state index is 10.7. The maximum Gasteiger partial charge on any atom is 0.307 e. The van der Waals surface area contributed by atoms with Crippen molar-refractivity contribution < 1.29 is 9.90 Å². The van der Waals surface area contributed by atoms with Crippen LogP contribution in [0.15, 0.2) is 0 Å². The second-order valence-corrected chi connectivity index (χ2v) is 4.49.